The van der Waals surface area contributed by atoms with E-state index in [1.54, 1.807) is 0 Å². The number of nitrogens with two attached hydrogens (primary N) is 1. The predicted molar refractivity (Wildman–Crippen MR) is 70.3 cm³/mol. The Balaban J connectivity index is 2.38. The van der Waals surface area contributed by atoms with Crippen LogP contribution in [0.1, 0.15) is 21.7 Å². The van der Waals surface area contributed by atoms with Crippen molar-refractivity contribution >= 4 is 17.6 Å². The van der Waals surface area contributed by atoms with Crippen LogP contribution in [0.15, 0.2) is 18.2 Å². The summed E-state index contributed by atoms with van der Waals surface area (Å²) < 4.78 is 14.6. The number of nitrogens with zero attached hydrogens (tertiary/aromatic N) is 3. The fourth-order valence-electron chi connectivity index (χ4n) is 1.84. The van der Waals surface area contributed by atoms with Gasteiger partial charge in [0.25, 0.3) is 0 Å². The van der Waals surface area contributed by atoms with E-state index in [0.29, 0.717) is 22.7 Å². The molecule has 1 aromatic carbocycles. The molecule has 0 spiro atoms. The third-order valence-electron chi connectivity index (χ3n) is 2.75. The first-order valence-corrected chi connectivity index (χ1v) is 6.20. The Hall–Kier alpha value is -1.99. The summed E-state index contributed by atoms with van der Waals surface area (Å²) in [4.78, 5) is 11.0. The van der Waals surface area contributed by atoms with Gasteiger partial charge in [0.2, 0.25) is 0 Å². The van der Waals surface area contributed by atoms with Crippen LogP contribution in [0, 0.1) is 5.82 Å². The second-order valence-corrected chi connectivity index (χ2v) is 4.53. The van der Waals surface area contributed by atoms with Gasteiger partial charge in [0.05, 0.1) is 12.2 Å². The van der Waals surface area contributed by atoms with Crippen LogP contribution in [0.4, 0.5) is 4.39 Å². The lowest BCUT2D eigenvalue weighted by atomic mass is 10.2. The van der Waals surface area contributed by atoms with Crippen molar-refractivity contribution in [3.8, 4) is 0 Å². The number of hydrogen-bond acceptors (Lipinski definition) is 4. The minimum absolute atomic E-state index is 0.131. The Morgan fingerprint density at radius 1 is 1.50 bits per heavy atom. The van der Waals surface area contributed by atoms with Crippen molar-refractivity contribution in [2.45, 2.75) is 13.0 Å². The van der Waals surface area contributed by atoms with Crippen molar-refractivity contribution in [2.24, 2.45) is 5.73 Å². The zero-order valence-corrected chi connectivity index (χ0v) is 11.1. The van der Waals surface area contributed by atoms with Crippen molar-refractivity contribution < 1.29 is 14.3 Å². The van der Waals surface area contributed by atoms with Gasteiger partial charge in [-0.1, -0.05) is 16.8 Å². The fourth-order valence-corrected chi connectivity index (χ4v) is 2.01. The number of hydrogen-bond donors (Lipinski definition) is 2. The topological polar surface area (TPSA) is 94.0 Å². The number of benzene rings is 1. The van der Waals surface area contributed by atoms with Gasteiger partial charge in [-0.25, -0.2) is 13.9 Å². The van der Waals surface area contributed by atoms with Gasteiger partial charge in [0.15, 0.2) is 5.69 Å². The van der Waals surface area contributed by atoms with E-state index in [1.165, 1.54) is 22.9 Å². The first-order valence-electron chi connectivity index (χ1n) is 5.82. The van der Waals surface area contributed by atoms with Gasteiger partial charge in [0.1, 0.15) is 5.82 Å². The number of carboxylic acid groups (broad SMARTS) is 1. The molecule has 0 radical (unpaired) electrons. The quantitative estimate of drug-likeness (QED) is 0.868. The van der Waals surface area contributed by atoms with E-state index in [2.05, 4.69) is 10.3 Å². The van der Waals surface area contributed by atoms with E-state index in [-0.39, 0.29) is 18.8 Å². The molecule has 6 nitrogen and oxygen atoms in total. The van der Waals surface area contributed by atoms with Crippen LogP contribution in [0.3, 0.4) is 0 Å². The molecule has 2 aromatic rings. The second kappa shape index (κ2) is 5.98. The fraction of sp³-hybridized carbons (Fsp3) is 0.250. The normalized spacial score (nSPS) is 10.8. The Bertz CT molecular complexity index is 644. The molecule has 0 unspecified atom stereocenters. The maximum absolute atomic E-state index is 13.2. The van der Waals surface area contributed by atoms with Crippen LogP contribution in [-0.4, -0.2) is 32.6 Å². The summed E-state index contributed by atoms with van der Waals surface area (Å²) in [5.41, 5.74) is 6.19. The molecule has 0 aliphatic heterocycles. The highest BCUT2D eigenvalue weighted by molar-refractivity contribution is 6.31. The Morgan fingerprint density at radius 2 is 2.25 bits per heavy atom. The van der Waals surface area contributed by atoms with Gasteiger partial charge in [0, 0.05) is 11.4 Å². The summed E-state index contributed by atoms with van der Waals surface area (Å²) in [6, 6.07) is 3.96. The van der Waals surface area contributed by atoms with Gasteiger partial charge < -0.3 is 10.8 Å². The molecule has 0 aliphatic carbocycles. The van der Waals surface area contributed by atoms with Gasteiger partial charge >= 0.3 is 5.97 Å². The van der Waals surface area contributed by atoms with E-state index in [9.17, 15) is 9.18 Å². The number of aromatic nitrogens is 3. The SMILES string of the molecule is NCCc1c(C(=O)O)nnn1Cc1cc(F)ccc1Cl. The number of aromatic carboxylic acids is 1. The average molecular weight is 299 g/mol. The minimum Gasteiger partial charge on any atom is -0.476 e. The van der Waals surface area contributed by atoms with Crippen LogP contribution in [0.25, 0.3) is 0 Å². The van der Waals surface area contributed by atoms with E-state index in [1.807, 2.05) is 0 Å². The number of halogens is 2. The zero-order valence-electron chi connectivity index (χ0n) is 10.4. The lowest BCUT2D eigenvalue weighted by Crippen LogP contribution is -2.14. The molecule has 106 valence electrons. The molecule has 8 heteroatoms. The summed E-state index contributed by atoms with van der Waals surface area (Å²) >= 11 is 5.98. The maximum atomic E-state index is 13.2. The summed E-state index contributed by atoms with van der Waals surface area (Å²) in [7, 11) is 0. The number of carbonyl (C=O) groups is 1. The molecule has 3 N–H and O–H groups in total. The molecule has 1 heterocycles. The average Bonchev–Trinajstić information content (AvgIpc) is 2.78. The molecule has 0 saturated heterocycles. The van der Waals surface area contributed by atoms with Gasteiger partial charge in [-0.05, 0) is 30.3 Å². The Morgan fingerprint density at radius 3 is 2.90 bits per heavy atom. The molecule has 2 rings (SSSR count). The minimum atomic E-state index is -1.18. The van der Waals surface area contributed by atoms with Gasteiger partial charge in [-0.3, -0.25) is 0 Å². The predicted octanol–water partition coefficient (Wildman–Crippen LogP) is 1.32. The third kappa shape index (κ3) is 2.94. The van der Waals surface area contributed by atoms with Crippen LogP contribution in [-0.2, 0) is 13.0 Å². The highest BCUT2D eigenvalue weighted by atomic mass is 35.5. The molecule has 1 aromatic heterocycles. The highest BCUT2D eigenvalue weighted by Gasteiger charge is 2.19. The molecule has 0 amide bonds. The van der Waals surface area contributed by atoms with E-state index in [4.69, 9.17) is 22.4 Å². The Labute approximate surface area is 119 Å². The monoisotopic (exact) mass is 298 g/mol. The third-order valence-corrected chi connectivity index (χ3v) is 3.12. The molecule has 0 bridgehead atoms. The molecule has 0 atom stereocenters. The highest BCUT2D eigenvalue weighted by Crippen LogP contribution is 2.19. The van der Waals surface area contributed by atoms with Crippen LogP contribution in [0.2, 0.25) is 5.02 Å². The lowest BCUT2D eigenvalue weighted by molar-refractivity contribution is 0.0689. The van der Waals surface area contributed by atoms with Crippen molar-refractivity contribution in [1.29, 1.82) is 0 Å². The standard InChI is InChI=1S/C12H12ClFN4O2/c13-9-2-1-8(14)5-7(9)6-18-10(3-4-15)11(12(19)20)16-17-18/h1-2,5H,3-4,6,15H2,(H,19,20). The van der Waals surface area contributed by atoms with Crippen molar-refractivity contribution in [3.05, 3.63) is 46.0 Å². The molecular weight excluding hydrogens is 287 g/mol. The summed E-state index contributed by atoms with van der Waals surface area (Å²) in [5.74, 6) is -1.60. The molecule has 0 fully saturated rings. The summed E-state index contributed by atoms with van der Waals surface area (Å²) in [6.07, 6.45) is 0.307. The zero-order chi connectivity index (χ0) is 14.7. The first kappa shape index (κ1) is 14.4. The van der Waals surface area contributed by atoms with Crippen LogP contribution >= 0.6 is 11.6 Å². The second-order valence-electron chi connectivity index (χ2n) is 4.12. The van der Waals surface area contributed by atoms with Crippen LogP contribution < -0.4 is 5.73 Å². The Kier molecular flexibility index (Phi) is 4.31. The largest absolute Gasteiger partial charge is 0.476 e. The molecule has 0 aliphatic rings. The van der Waals surface area contributed by atoms with E-state index in [0.717, 1.165) is 0 Å². The lowest BCUT2D eigenvalue weighted by Gasteiger charge is -2.08. The first-order chi connectivity index (χ1) is 9.52. The summed E-state index contributed by atoms with van der Waals surface area (Å²) in [6.45, 7) is 0.386. The smallest absolute Gasteiger partial charge is 0.358 e. The van der Waals surface area contributed by atoms with Crippen molar-refractivity contribution in [1.82, 2.24) is 15.0 Å². The van der Waals surface area contributed by atoms with E-state index < -0.39 is 11.8 Å². The van der Waals surface area contributed by atoms with Crippen molar-refractivity contribution in [3.63, 3.8) is 0 Å². The van der Waals surface area contributed by atoms with Gasteiger partial charge in [-0.2, -0.15) is 0 Å². The molecule has 20 heavy (non-hydrogen) atoms. The number of carboxylic acids is 1. The van der Waals surface area contributed by atoms with Crippen molar-refractivity contribution in [2.75, 3.05) is 6.54 Å². The van der Waals surface area contributed by atoms with E-state index >= 15 is 0 Å². The molecule has 0 saturated carbocycles. The van der Waals surface area contributed by atoms with Crippen LogP contribution in [0.5, 0.6) is 0 Å². The van der Waals surface area contributed by atoms with Gasteiger partial charge in [-0.15, -0.1) is 5.10 Å². The summed E-state index contributed by atoms with van der Waals surface area (Å²) in [5, 5.41) is 16.8. The maximum Gasteiger partial charge on any atom is 0.358 e. The molecular formula is C12H12ClFN4O2. The number of rotatable bonds is 5.